The Morgan fingerprint density at radius 3 is 2.25 bits per heavy atom. The molecule has 1 aliphatic heterocycles. The van der Waals surface area contributed by atoms with E-state index in [4.69, 9.17) is 5.84 Å². The smallest absolute Gasteiger partial charge is 0.148 e. The molecule has 112 valence electrons. The van der Waals surface area contributed by atoms with Gasteiger partial charge in [-0.25, -0.2) is 15.8 Å². The first-order chi connectivity index (χ1) is 9.55. The molecular formula is C15H27N5. The van der Waals surface area contributed by atoms with Gasteiger partial charge in [0.25, 0.3) is 0 Å². The van der Waals surface area contributed by atoms with Gasteiger partial charge in [-0.05, 0) is 32.1 Å². The Bertz CT molecular complexity index is 458. The van der Waals surface area contributed by atoms with E-state index in [0.29, 0.717) is 5.41 Å². The molecule has 0 bridgehead atoms. The van der Waals surface area contributed by atoms with Crippen LogP contribution in [-0.2, 0) is 0 Å². The van der Waals surface area contributed by atoms with Crippen LogP contribution in [-0.4, -0.2) is 23.1 Å². The van der Waals surface area contributed by atoms with Gasteiger partial charge in [-0.3, -0.25) is 0 Å². The zero-order valence-corrected chi connectivity index (χ0v) is 13.2. The van der Waals surface area contributed by atoms with Crippen molar-refractivity contribution in [3.8, 4) is 0 Å². The molecule has 20 heavy (non-hydrogen) atoms. The van der Waals surface area contributed by atoms with Gasteiger partial charge >= 0.3 is 0 Å². The summed E-state index contributed by atoms with van der Waals surface area (Å²) in [6, 6.07) is 0. The van der Waals surface area contributed by atoms with Gasteiger partial charge in [0.15, 0.2) is 0 Å². The lowest BCUT2D eigenvalue weighted by Crippen LogP contribution is -2.40. The van der Waals surface area contributed by atoms with Crippen LogP contribution in [0.4, 0.5) is 11.6 Å². The van der Waals surface area contributed by atoms with Crippen molar-refractivity contribution in [1.82, 2.24) is 9.97 Å². The molecule has 2 heterocycles. The van der Waals surface area contributed by atoms with Crippen molar-refractivity contribution in [3.63, 3.8) is 0 Å². The maximum Gasteiger partial charge on any atom is 0.148 e. The average Bonchev–Trinajstić information content (AvgIpc) is 2.49. The van der Waals surface area contributed by atoms with Crippen LogP contribution in [0.1, 0.15) is 50.9 Å². The molecule has 0 spiro atoms. The lowest BCUT2D eigenvalue weighted by molar-refractivity contribution is 0.199. The molecule has 1 aromatic rings. The zero-order valence-electron chi connectivity index (χ0n) is 13.2. The Morgan fingerprint density at radius 2 is 1.75 bits per heavy atom. The van der Waals surface area contributed by atoms with E-state index in [0.717, 1.165) is 36.1 Å². The van der Waals surface area contributed by atoms with E-state index < -0.39 is 0 Å². The van der Waals surface area contributed by atoms with Gasteiger partial charge < -0.3 is 10.3 Å². The number of nitrogens with two attached hydrogens (primary N) is 1. The number of hydrazine groups is 1. The highest BCUT2D eigenvalue weighted by atomic mass is 15.3. The van der Waals surface area contributed by atoms with E-state index >= 15 is 0 Å². The normalized spacial score (nSPS) is 18.1. The molecule has 1 fully saturated rings. The minimum absolute atomic E-state index is 0.529. The molecule has 0 saturated carbocycles. The number of nitrogens with one attached hydrogen (secondary N) is 1. The lowest BCUT2D eigenvalue weighted by Gasteiger charge is -2.42. The summed E-state index contributed by atoms with van der Waals surface area (Å²) >= 11 is 0. The maximum atomic E-state index is 5.55. The monoisotopic (exact) mass is 277 g/mol. The summed E-state index contributed by atoms with van der Waals surface area (Å²) in [5, 5.41) is 0. The minimum atomic E-state index is 0.529. The topological polar surface area (TPSA) is 67.1 Å². The van der Waals surface area contributed by atoms with Crippen molar-refractivity contribution in [2.24, 2.45) is 11.3 Å². The molecule has 0 atom stereocenters. The van der Waals surface area contributed by atoms with E-state index in [1.165, 1.54) is 25.7 Å². The van der Waals surface area contributed by atoms with Gasteiger partial charge in [-0.15, -0.1) is 0 Å². The second-order valence-corrected chi connectivity index (χ2v) is 5.91. The number of aryl methyl sites for hydroxylation is 1. The van der Waals surface area contributed by atoms with Crippen molar-refractivity contribution < 1.29 is 0 Å². The Balaban J connectivity index is 2.21. The highest BCUT2D eigenvalue weighted by molar-refractivity contribution is 5.58. The van der Waals surface area contributed by atoms with Crippen LogP contribution in [0, 0.1) is 19.3 Å². The lowest BCUT2D eigenvalue weighted by atomic mass is 9.74. The maximum absolute atomic E-state index is 5.55. The quantitative estimate of drug-likeness (QED) is 0.654. The largest absolute Gasteiger partial charge is 0.356 e. The van der Waals surface area contributed by atoms with E-state index in [1.807, 2.05) is 13.8 Å². The number of rotatable bonds is 4. The Hall–Kier alpha value is -1.36. The van der Waals surface area contributed by atoms with Crippen molar-refractivity contribution >= 4 is 11.6 Å². The SMILES string of the molecule is CCC1(CC)CCN(c2nc(C)nc(NN)c2C)CC1. The highest BCUT2D eigenvalue weighted by Crippen LogP contribution is 2.39. The summed E-state index contributed by atoms with van der Waals surface area (Å²) in [4.78, 5) is 11.3. The van der Waals surface area contributed by atoms with Crippen LogP contribution in [0.25, 0.3) is 0 Å². The van der Waals surface area contributed by atoms with Crippen LogP contribution >= 0.6 is 0 Å². The number of nitrogens with zero attached hydrogens (tertiary/aromatic N) is 3. The first kappa shape index (κ1) is 15.0. The van der Waals surface area contributed by atoms with Crippen LogP contribution in [0.15, 0.2) is 0 Å². The van der Waals surface area contributed by atoms with Crippen LogP contribution in [0.3, 0.4) is 0 Å². The molecule has 0 amide bonds. The molecule has 0 aliphatic carbocycles. The average molecular weight is 277 g/mol. The number of piperidine rings is 1. The Labute approximate surface area is 121 Å². The first-order valence-electron chi connectivity index (χ1n) is 7.62. The van der Waals surface area contributed by atoms with Crippen molar-refractivity contribution in [1.29, 1.82) is 0 Å². The second kappa shape index (κ2) is 5.95. The fourth-order valence-corrected chi connectivity index (χ4v) is 3.21. The molecule has 1 aromatic heterocycles. The van der Waals surface area contributed by atoms with Gasteiger partial charge in [-0.1, -0.05) is 26.7 Å². The van der Waals surface area contributed by atoms with E-state index in [-0.39, 0.29) is 0 Å². The first-order valence-corrected chi connectivity index (χ1v) is 7.62. The molecule has 5 nitrogen and oxygen atoms in total. The zero-order chi connectivity index (χ0) is 14.8. The number of anilines is 2. The van der Waals surface area contributed by atoms with Gasteiger partial charge in [0.05, 0.1) is 0 Å². The third kappa shape index (κ3) is 2.73. The van der Waals surface area contributed by atoms with Crippen molar-refractivity contribution in [3.05, 3.63) is 11.4 Å². The predicted molar refractivity (Wildman–Crippen MR) is 83.8 cm³/mol. The summed E-state index contributed by atoms with van der Waals surface area (Å²) < 4.78 is 0. The molecule has 0 radical (unpaired) electrons. The predicted octanol–water partition coefficient (Wildman–Crippen LogP) is 2.79. The molecule has 1 aliphatic rings. The third-order valence-corrected chi connectivity index (χ3v) is 4.99. The second-order valence-electron chi connectivity index (χ2n) is 5.91. The summed E-state index contributed by atoms with van der Waals surface area (Å²) in [5.74, 6) is 8.08. The van der Waals surface area contributed by atoms with Crippen LogP contribution < -0.4 is 16.2 Å². The van der Waals surface area contributed by atoms with Gasteiger partial charge in [0, 0.05) is 18.7 Å². The highest BCUT2D eigenvalue weighted by Gasteiger charge is 2.32. The third-order valence-electron chi connectivity index (χ3n) is 4.99. The molecule has 5 heteroatoms. The number of nitrogen functional groups attached to an aromatic ring is 1. The Kier molecular flexibility index (Phi) is 4.48. The Morgan fingerprint density at radius 1 is 1.15 bits per heavy atom. The number of aromatic nitrogens is 2. The van der Waals surface area contributed by atoms with Crippen molar-refractivity contribution in [2.45, 2.75) is 53.4 Å². The summed E-state index contributed by atoms with van der Waals surface area (Å²) in [6.45, 7) is 10.7. The molecular weight excluding hydrogens is 250 g/mol. The fraction of sp³-hybridized carbons (Fsp3) is 0.733. The molecule has 3 N–H and O–H groups in total. The van der Waals surface area contributed by atoms with Crippen LogP contribution in [0.2, 0.25) is 0 Å². The van der Waals surface area contributed by atoms with E-state index in [9.17, 15) is 0 Å². The standard InChI is InChI=1S/C15H27N5/c1-5-15(6-2)7-9-20(10-8-15)14-11(3)13(19-16)17-12(4)18-14/h5-10,16H2,1-4H3,(H,17,18,19). The van der Waals surface area contributed by atoms with Gasteiger partial charge in [-0.2, -0.15) is 0 Å². The molecule has 0 aromatic carbocycles. The van der Waals surface area contributed by atoms with E-state index in [2.05, 4.69) is 34.1 Å². The number of hydrogen-bond donors (Lipinski definition) is 2. The fourth-order valence-electron chi connectivity index (χ4n) is 3.21. The van der Waals surface area contributed by atoms with E-state index in [1.54, 1.807) is 0 Å². The van der Waals surface area contributed by atoms with Crippen molar-refractivity contribution in [2.75, 3.05) is 23.4 Å². The summed E-state index contributed by atoms with van der Waals surface area (Å²) in [5.41, 5.74) is 4.25. The number of hydrogen-bond acceptors (Lipinski definition) is 5. The minimum Gasteiger partial charge on any atom is -0.356 e. The molecule has 1 saturated heterocycles. The van der Waals surface area contributed by atoms with Gasteiger partial charge in [0.1, 0.15) is 17.5 Å². The molecule has 2 rings (SSSR count). The molecule has 0 unspecified atom stereocenters. The van der Waals surface area contributed by atoms with Gasteiger partial charge in [0.2, 0.25) is 0 Å². The van der Waals surface area contributed by atoms with Crippen LogP contribution in [0.5, 0.6) is 0 Å². The summed E-state index contributed by atoms with van der Waals surface area (Å²) in [6.07, 6.45) is 5.03. The summed E-state index contributed by atoms with van der Waals surface area (Å²) in [7, 11) is 0.